The monoisotopic (exact) mass is 419 g/mol. The van der Waals surface area contributed by atoms with Crippen molar-refractivity contribution in [3.63, 3.8) is 0 Å². The Hall–Kier alpha value is -2.96. The Morgan fingerprint density at radius 3 is 2.37 bits per heavy atom. The predicted octanol–water partition coefficient (Wildman–Crippen LogP) is 4.75. The van der Waals surface area contributed by atoms with Crippen molar-refractivity contribution in [3.05, 3.63) is 77.4 Å². The maximum absolute atomic E-state index is 12.3. The van der Waals surface area contributed by atoms with E-state index in [0.717, 1.165) is 27.5 Å². The van der Waals surface area contributed by atoms with Crippen LogP contribution in [0.4, 0.5) is 11.4 Å². The zero-order chi connectivity index (χ0) is 21.4. The van der Waals surface area contributed by atoms with Crippen molar-refractivity contribution in [2.24, 2.45) is 0 Å². The predicted molar refractivity (Wildman–Crippen MR) is 121 cm³/mol. The van der Waals surface area contributed by atoms with Crippen molar-refractivity contribution < 1.29 is 13.6 Å². The fourth-order valence-electron chi connectivity index (χ4n) is 3.97. The number of carbonyl (C=O) groups is 1. The number of amides is 1. The van der Waals surface area contributed by atoms with Crippen molar-refractivity contribution in [1.82, 2.24) is 4.90 Å². The Balaban J connectivity index is 1.74. The third-order valence-corrected chi connectivity index (χ3v) is 6.33. The summed E-state index contributed by atoms with van der Waals surface area (Å²) in [6.45, 7) is 2.01. The lowest BCUT2D eigenvalue weighted by molar-refractivity contribution is -0.128. The lowest BCUT2D eigenvalue weighted by atomic mass is 9.92. The molecule has 1 aliphatic rings. The van der Waals surface area contributed by atoms with Crippen LogP contribution >= 0.6 is 0 Å². The first-order valence-corrected chi connectivity index (χ1v) is 10.8. The number of allylic oxidation sites excluding steroid dienone is 1. The molecule has 6 heteroatoms. The van der Waals surface area contributed by atoms with Gasteiger partial charge in [-0.05, 0) is 53.1 Å². The summed E-state index contributed by atoms with van der Waals surface area (Å²) in [4.78, 5) is 13.9. The second-order valence-corrected chi connectivity index (χ2v) is 8.59. The quantitative estimate of drug-likeness (QED) is 0.561. The molecule has 3 aromatic rings. The van der Waals surface area contributed by atoms with E-state index in [0.29, 0.717) is 17.8 Å². The van der Waals surface area contributed by atoms with E-state index in [1.54, 1.807) is 19.0 Å². The summed E-state index contributed by atoms with van der Waals surface area (Å²) in [5, 5.41) is 2.02. The Kier molecular flexibility index (Phi) is 5.45. The average molecular weight is 420 g/mol. The van der Waals surface area contributed by atoms with E-state index in [2.05, 4.69) is 6.08 Å². The summed E-state index contributed by atoms with van der Waals surface area (Å²) in [5.74, 6) is -0.00168. The summed E-state index contributed by atoms with van der Waals surface area (Å²) < 4.78 is 25.7. The van der Waals surface area contributed by atoms with Gasteiger partial charge >= 0.3 is 0 Å². The van der Waals surface area contributed by atoms with Gasteiger partial charge < -0.3 is 9.45 Å². The SMILES string of the molecule is CC1=Cc2ccc(N(c3ccc4ccccc4c3)S(=O)[O-])cc2C1CC(=O)N(C)C. The first kappa shape index (κ1) is 20.3. The van der Waals surface area contributed by atoms with E-state index in [9.17, 15) is 13.6 Å². The molecule has 1 amide bonds. The fraction of sp³-hybridized carbons (Fsp3) is 0.208. The van der Waals surface area contributed by atoms with Gasteiger partial charge in [0.2, 0.25) is 5.91 Å². The summed E-state index contributed by atoms with van der Waals surface area (Å²) in [5.41, 5.74) is 4.26. The van der Waals surface area contributed by atoms with Crippen molar-refractivity contribution in [2.75, 3.05) is 18.4 Å². The van der Waals surface area contributed by atoms with Crippen LogP contribution in [0.5, 0.6) is 0 Å². The number of nitrogens with zero attached hydrogens (tertiary/aromatic N) is 2. The molecule has 2 unspecified atom stereocenters. The Morgan fingerprint density at radius 2 is 1.67 bits per heavy atom. The summed E-state index contributed by atoms with van der Waals surface area (Å²) in [7, 11) is 3.49. The molecule has 0 aromatic heterocycles. The van der Waals surface area contributed by atoms with Crippen LogP contribution in [0.15, 0.2) is 66.2 Å². The van der Waals surface area contributed by atoms with Crippen LogP contribution in [-0.4, -0.2) is 33.7 Å². The fourth-order valence-corrected chi connectivity index (χ4v) is 4.54. The molecule has 0 saturated carbocycles. The normalized spacial score (nSPS) is 16.1. The van der Waals surface area contributed by atoms with Gasteiger partial charge in [-0.1, -0.05) is 48.0 Å². The third kappa shape index (κ3) is 3.76. The van der Waals surface area contributed by atoms with Crippen LogP contribution < -0.4 is 4.31 Å². The molecule has 0 N–H and O–H groups in total. The number of hydrogen-bond acceptors (Lipinski definition) is 3. The molecule has 4 rings (SSSR count). The van der Waals surface area contributed by atoms with Gasteiger partial charge in [0.15, 0.2) is 0 Å². The Labute approximate surface area is 179 Å². The summed E-state index contributed by atoms with van der Waals surface area (Å²) >= 11 is -2.49. The van der Waals surface area contributed by atoms with E-state index < -0.39 is 11.3 Å². The van der Waals surface area contributed by atoms with E-state index >= 15 is 0 Å². The molecule has 5 nitrogen and oxygen atoms in total. The third-order valence-electron chi connectivity index (χ3n) is 5.61. The van der Waals surface area contributed by atoms with E-state index in [1.807, 2.05) is 67.6 Å². The lowest BCUT2D eigenvalue weighted by Crippen LogP contribution is -2.24. The van der Waals surface area contributed by atoms with Crippen LogP contribution in [-0.2, 0) is 16.1 Å². The molecule has 154 valence electrons. The molecule has 3 aromatic carbocycles. The first-order valence-electron chi connectivity index (χ1n) is 9.76. The molecular weight excluding hydrogens is 396 g/mol. The summed E-state index contributed by atoms with van der Waals surface area (Å²) in [6.07, 6.45) is 2.43. The van der Waals surface area contributed by atoms with E-state index in [1.165, 1.54) is 4.31 Å². The number of rotatable bonds is 5. The first-order chi connectivity index (χ1) is 14.3. The van der Waals surface area contributed by atoms with Crippen molar-refractivity contribution in [1.29, 1.82) is 0 Å². The van der Waals surface area contributed by atoms with Gasteiger partial charge in [-0.15, -0.1) is 0 Å². The Bertz CT molecular complexity index is 1190. The number of hydrogen-bond donors (Lipinski definition) is 0. The summed E-state index contributed by atoms with van der Waals surface area (Å²) in [6, 6.07) is 19.1. The highest BCUT2D eigenvalue weighted by Gasteiger charge is 2.27. The highest BCUT2D eigenvalue weighted by atomic mass is 32.2. The second kappa shape index (κ2) is 8.05. The number of anilines is 2. The smallest absolute Gasteiger partial charge is 0.222 e. The van der Waals surface area contributed by atoms with Gasteiger partial charge in [0.25, 0.3) is 0 Å². The second-order valence-electron chi connectivity index (χ2n) is 7.79. The van der Waals surface area contributed by atoms with Gasteiger partial charge in [-0.3, -0.25) is 13.3 Å². The van der Waals surface area contributed by atoms with Crippen LogP contribution in [0, 0.1) is 0 Å². The van der Waals surface area contributed by atoms with Crippen molar-refractivity contribution in [3.8, 4) is 0 Å². The maximum atomic E-state index is 12.3. The van der Waals surface area contributed by atoms with Gasteiger partial charge in [-0.25, -0.2) is 0 Å². The molecule has 0 bridgehead atoms. The molecule has 30 heavy (non-hydrogen) atoms. The standard InChI is InChI=1S/C24H24N2O3S/c1-16-12-19-9-11-21(14-23(19)22(16)15-24(27)25(2)3)26(30(28)29)20-10-8-17-6-4-5-7-18(17)13-20/h4-14,22H,15H2,1-3H3,(H,28,29)/p-1. The van der Waals surface area contributed by atoms with Crippen molar-refractivity contribution >= 4 is 45.4 Å². The zero-order valence-corrected chi connectivity index (χ0v) is 18.0. The largest absolute Gasteiger partial charge is 0.755 e. The van der Waals surface area contributed by atoms with Gasteiger partial charge in [0.1, 0.15) is 0 Å². The minimum Gasteiger partial charge on any atom is -0.755 e. The Morgan fingerprint density at radius 1 is 1.00 bits per heavy atom. The highest BCUT2D eigenvalue weighted by molar-refractivity contribution is 7.81. The molecule has 1 aliphatic carbocycles. The number of carbonyl (C=O) groups excluding carboxylic acids is 1. The van der Waals surface area contributed by atoms with Crippen LogP contribution in [0.1, 0.15) is 30.4 Å². The van der Waals surface area contributed by atoms with Crippen LogP contribution in [0.2, 0.25) is 0 Å². The van der Waals surface area contributed by atoms with Gasteiger partial charge in [0, 0.05) is 26.4 Å². The van der Waals surface area contributed by atoms with Gasteiger partial charge in [0.05, 0.1) is 22.6 Å². The number of fused-ring (bicyclic) bond motifs is 2. The zero-order valence-electron chi connectivity index (χ0n) is 17.2. The molecular formula is C24H23N2O3S-. The highest BCUT2D eigenvalue weighted by Crippen LogP contribution is 2.41. The number of benzene rings is 3. The maximum Gasteiger partial charge on any atom is 0.222 e. The minimum atomic E-state index is -2.49. The van der Waals surface area contributed by atoms with Crippen LogP contribution in [0.3, 0.4) is 0 Å². The van der Waals surface area contributed by atoms with E-state index in [-0.39, 0.29) is 11.8 Å². The molecule has 0 saturated heterocycles. The molecule has 0 fully saturated rings. The molecule has 0 spiro atoms. The van der Waals surface area contributed by atoms with E-state index in [4.69, 9.17) is 0 Å². The lowest BCUT2D eigenvalue weighted by Gasteiger charge is -2.28. The van der Waals surface area contributed by atoms with Crippen molar-refractivity contribution in [2.45, 2.75) is 19.3 Å². The average Bonchev–Trinajstić information content (AvgIpc) is 3.02. The molecule has 0 radical (unpaired) electrons. The molecule has 0 heterocycles. The molecule has 2 atom stereocenters. The molecule has 0 aliphatic heterocycles. The van der Waals surface area contributed by atoms with Gasteiger partial charge in [-0.2, -0.15) is 0 Å². The minimum absolute atomic E-state index is 0.0461. The topological polar surface area (TPSA) is 63.7 Å². The van der Waals surface area contributed by atoms with Crippen LogP contribution in [0.25, 0.3) is 16.8 Å².